The summed E-state index contributed by atoms with van der Waals surface area (Å²) in [6.45, 7) is 0.230. The van der Waals surface area contributed by atoms with Crippen LogP contribution in [0.25, 0.3) is 0 Å². The molecule has 0 saturated heterocycles. The van der Waals surface area contributed by atoms with Crippen molar-refractivity contribution in [1.82, 2.24) is 4.31 Å². The van der Waals surface area contributed by atoms with Crippen LogP contribution < -0.4 is 10.9 Å². The SMILES string of the molecule is CN(CCC(N)=S)S(N)(=O)=O. The number of rotatable bonds is 4. The van der Waals surface area contributed by atoms with E-state index in [4.69, 9.17) is 10.9 Å². The lowest BCUT2D eigenvalue weighted by molar-refractivity contribution is 0.480. The Bertz CT molecular complexity index is 236. The summed E-state index contributed by atoms with van der Waals surface area (Å²) in [5.41, 5.74) is 5.15. The molecule has 0 radical (unpaired) electrons. The Morgan fingerprint density at radius 2 is 2.09 bits per heavy atom. The molecule has 0 unspecified atom stereocenters. The maximum absolute atomic E-state index is 10.6. The van der Waals surface area contributed by atoms with Gasteiger partial charge in [0.2, 0.25) is 0 Å². The Kier molecular flexibility index (Phi) is 3.87. The molecule has 0 atom stereocenters. The van der Waals surface area contributed by atoms with Gasteiger partial charge in [0.05, 0.1) is 4.99 Å². The molecule has 66 valence electrons. The van der Waals surface area contributed by atoms with Gasteiger partial charge in [-0.25, -0.2) is 5.14 Å². The number of nitrogens with two attached hydrogens (primary N) is 2. The molecule has 0 aliphatic carbocycles. The van der Waals surface area contributed by atoms with E-state index in [1.54, 1.807) is 0 Å². The Morgan fingerprint density at radius 3 is 2.36 bits per heavy atom. The van der Waals surface area contributed by atoms with Crippen LogP contribution in [0.15, 0.2) is 0 Å². The van der Waals surface area contributed by atoms with E-state index in [0.717, 1.165) is 4.31 Å². The highest BCUT2D eigenvalue weighted by atomic mass is 32.2. The molecule has 0 aromatic heterocycles. The molecule has 0 aromatic carbocycles. The zero-order chi connectivity index (χ0) is 9.07. The first-order chi connectivity index (χ1) is 4.84. The average Bonchev–Trinajstić information content (AvgIpc) is 1.80. The summed E-state index contributed by atoms with van der Waals surface area (Å²) in [4.78, 5) is 0.278. The summed E-state index contributed by atoms with van der Waals surface area (Å²) in [6.07, 6.45) is 0.349. The van der Waals surface area contributed by atoms with Gasteiger partial charge in [-0.05, 0) is 0 Å². The van der Waals surface area contributed by atoms with E-state index < -0.39 is 10.2 Å². The number of thiocarbonyl (C=S) groups is 1. The molecule has 0 bridgehead atoms. The fourth-order valence-corrected chi connectivity index (χ4v) is 0.832. The Labute approximate surface area is 71.5 Å². The van der Waals surface area contributed by atoms with Crippen LogP contribution in [0.3, 0.4) is 0 Å². The summed E-state index contributed by atoms with van der Waals surface area (Å²) >= 11 is 4.55. The first kappa shape index (κ1) is 10.8. The molecule has 0 aromatic rings. The molecular weight excluding hydrogens is 186 g/mol. The number of nitrogens with zero attached hydrogens (tertiary/aromatic N) is 1. The second-order valence-corrected chi connectivity index (χ2v) is 4.26. The Hall–Kier alpha value is -0.240. The van der Waals surface area contributed by atoms with Gasteiger partial charge < -0.3 is 5.73 Å². The van der Waals surface area contributed by atoms with Crippen LogP contribution in [-0.4, -0.2) is 31.3 Å². The zero-order valence-corrected chi connectivity index (χ0v) is 7.78. The van der Waals surface area contributed by atoms with Gasteiger partial charge in [-0.1, -0.05) is 12.2 Å². The summed E-state index contributed by atoms with van der Waals surface area (Å²) in [6, 6.07) is 0. The predicted molar refractivity (Wildman–Crippen MR) is 47.1 cm³/mol. The third kappa shape index (κ3) is 5.08. The smallest absolute Gasteiger partial charge is 0.276 e. The lowest BCUT2D eigenvalue weighted by atomic mass is 10.4. The largest absolute Gasteiger partial charge is 0.393 e. The van der Waals surface area contributed by atoms with Crippen LogP contribution in [0.5, 0.6) is 0 Å². The van der Waals surface area contributed by atoms with Crippen molar-refractivity contribution in [3.8, 4) is 0 Å². The second kappa shape index (κ2) is 3.96. The van der Waals surface area contributed by atoms with Gasteiger partial charge in [0.25, 0.3) is 10.2 Å². The first-order valence-corrected chi connectivity index (χ1v) is 4.77. The zero-order valence-electron chi connectivity index (χ0n) is 6.15. The minimum Gasteiger partial charge on any atom is -0.393 e. The lowest BCUT2D eigenvalue weighted by Gasteiger charge is -2.11. The maximum Gasteiger partial charge on any atom is 0.276 e. The third-order valence-electron chi connectivity index (χ3n) is 1.11. The Morgan fingerprint density at radius 1 is 1.64 bits per heavy atom. The molecule has 0 heterocycles. The van der Waals surface area contributed by atoms with Crippen molar-refractivity contribution in [3.05, 3.63) is 0 Å². The summed E-state index contributed by atoms with van der Waals surface area (Å²) < 4.78 is 22.1. The van der Waals surface area contributed by atoms with E-state index in [1.165, 1.54) is 7.05 Å². The monoisotopic (exact) mass is 197 g/mol. The van der Waals surface area contributed by atoms with E-state index in [1.807, 2.05) is 0 Å². The van der Waals surface area contributed by atoms with Gasteiger partial charge in [0, 0.05) is 20.0 Å². The fraction of sp³-hybridized carbons (Fsp3) is 0.750. The molecule has 0 rings (SSSR count). The minimum atomic E-state index is -3.58. The van der Waals surface area contributed by atoms with Crippen molar-refractivity contribution >= 4 is 27.4 Å². The van der Waals surface area contributed by atoms with Gasteiger partial charge in [0.15, 0.2) is 0 Å². The minimum absolute atomic E-state index is 0.230. The van der Waals surface area contributed by atoms with Crippen molar-refractivity contribution in [1.29, 1.82) is 0 Å². The van der Waals surface area contributed by atoms with E-state index in [9.17, 15) is 8.42 Å². The molecule has 0 amide bonds. The van der Waals surface area contributed by atoms with Crippen LogP contribution in [-0.2, 0) is 10.2 Å². The quantitative estimate of drug-likeness (QED) is 0.554. The molecule has 0 fully saturated rings. The van der Waals surface area contributed by atoms with Gasteiger partial charge in [-0.15, -0.1) is 0 Å². The second-order valence-electron chi connectivity index (χ2n) is 2.08. The number of hydrogen-bond acceptors (Lipinski definition) is 3. The van der Waals surface area contributed by atoms with E-state index in [2.05, 4.69) is 12.2 Å². The molecule has 0 aliphatic rings. The maximum atomic E-state index is 10.6. The molecule has 7 heteroatoms. The van der Waals surface area contributed by atoms with Crippen molar-refractivity contribution in [2.45, 2.75) is 6.42 Å². The number of hydrogen-bond donors (Lipinski definition) is 2. The first-order valence-electron chi connectivity index (χ1n) is 2.86. The third-order valence-corrected chi connectivity index (χ3v) is 2.36. The van der Waals surface area contributed by atoms with Crippen LogP contribution in [0.2, 0.25) is 0 Å². The molecule has 4 N–H and O–H groups in total. The summed E-state index contributed by atoms with van der Waals surface area (Å²) in [7, 11) is -2.21. The van der Waals surface area contributed by atoms with E-state index in [-0.39, 0.29) is 11.5 Å². The molecule has 11 heavy (non-hydrogen) atoms. The van der Waals surface area contributed by atoms with E-state index >= 15 is 0 Å². The highest BCUT2D eigenvalue weighted by Crippen LogP contribution is 1.91. The molecule has 5 nitrogen and oxygen atoms in total. The van der Waals surface area contributed by atoms with E-state index in [0.29, 0.717) is 6.42 Å². The van der Waals surface area contributed by atoms with Crippen LogP contribution in [0.4, 0.5) is 0 Å². The molecular formula is C4H11N3O2S2. The molecule has 0 saturated carbocycles. The predicted octanol–water partition coefficient (Wildman–Crippen LogP) is -1.20. The summed E-state index contributed by atoms with van der Waals surface area (Å²) in [5.74, 6) is 0. The lowest BCUT2D eigenvalue weighted by Crippen LogP contribution is -2.35. The normalized spacial score (nSPS) is 11.9. The van der Waals surface area contributed by atoms with Crippen molar-refractivity contribution in [3.63, 3.8) is 0 Å². The van der Waals surface area contributed by atoms with Crippen molar-refractivity contribution in [2.24, 2.45) is 10.9 Å². The van der Waals surface area contributed by atoms with Gasteiger partial charge >= 0.3 is 0 Å². The van der Waals surface area contributed by atoms with Crippen LogP contribution in [0.1, 0.15) is 6.42 Å². The van der Waals surface area contributed by atoms with Gasteiger partial charge in [-0.3, -0.25) is 0 Å². The van der Waals surface area contributed by atoms with Crippen LogP contribution in [0, 0.1) is 0 Å². The standard InChI is InChI=1S/C4H11N3O2S2/c1-7(11(6,8)9)3-2-4(5)10/h2-3H2,1H3,(H2,5,10)(H2,6,8,9). The van der Waals surface area contributed by atoms with Crippen molar-refractivity contribution in [2.75, 3.05) is 13.6 Å². The topological polar surface area (TPSA) is 89.4 Å². The average molecular weight is 197 g/mol. The van der Waals surface area contributed by atoms with Gasteiger partial charge in [-0.2, -0.15) is 12.7 Å². The fourth-order valence-electron chi connectivity index (χ4n) is 0.395. The highest BCUT2D eigenvalue weighted by molar-refractivity contribution is 7.86. The molecule has 0 aliphatic heterocycles. The summed E-state index contributed by atoms with van der Waals surface area (Å²) in [5, 5.41) is 4.78. The Balaban J connectivity index is 3.90. The van der Waals surface area contributed by atoms with Crippen molar-refractivity contribution < 1.29 is 8.42 Å². The highest BCUT2D eigenvalue weighted by Gasteiger charge is 2.10. The van der Waals surface area contributed by atoms with Gasteiger partial charge in [0.1, 0.15) is 0 Å². The van der Waals surface area contributed by atoms with Crippen LogP contribution >= 0.6 is 12.2 Å². The molecule has 0 spiro atoms.